The highest BCUT2D eigenvalue weighted by Crippen LogP contribution is 2.18. The molecule has 128 valence electrons. The minimum atomic E-state index is -0.509. The molecule has 0 fully saturated rings. The zero-order chi connectivity index (χ0) is 18.1. The molecule has 0 saturated heterocycles. The fraction of sp³-hybridized carbons (Fsp3) is 0.167. The third-order valence-electron chi connectivity index (χ3n) is 3.93. The summed E-state index contributed by atoms with van der Waals surface area (Å²) in [6.07, 6.45) is 0. The third kappa shape index (κ3) is 3.23. The van der Waals surface area contributed by atoms with Crippen LogP contribution in [0.5, 0.6) is 0 Å². The summed E-state index contributed by atoms with van der Waals surface area (Å²) in [6.45, 7) is 4.10. The molecule has 0 spiro atoms. The van der Waals surface area contributed by atoms with Crippen LogP contribution in [0, 0.1) is 17.5 Å². The molecule has 0 unspecified atom stereocenters. The summed E-state index contributed by atoms with van der Waals surface area (Å²) >= 11 is 5.17. The fourth-order valence-electron chi connectivity index (χ4n) is 2.61. The molecule has 1 amide bonds. The highest BCUT2D eigenvalue weighted by atomic mass is 32.1. The summed E-state index contributed by atoms with van der Waals surface area (Å²) in [5, 5.41) is 2.99. The number of halogens is 1. The molecular weight excluding hydrogens is 341 g/mol. The van der Waals surface area contributed by atoms with Crippen molar-refractivity contribution in [3.63, 3.8) is 0 Å². The third-order valence-corrected chi connectivity index (χ3v) is 4.25. The smallest absolute Gasteiger partial charge is 0.262 e. The number of amides is 1. The molecule has 0 aliphatic rings. The second-order valence-electron chi connectivity index (χ2n) is 5.68. The van der Waals surface area contributed by atoms with Crippen LogP contribution >= 0.6 is 12.2 Å². The number of anilines is 1. The Morgan fingerprint density at radius 3 is 2.76 bits per heavy atom. The molecule has 0 atom stereocenters. The number of carbonyl (C=O) groups excluding carboxylic acids is 1. The molecule has 0 aliphatic heterocycles. The van der Waals surface area contributed by atoms with E-state index in [0.29, 0.717) is 27.8 Å². The van der Waals surface area contributed by atoms with E-state index < -0.39 is 11.7 Å². The van der Waals surface area contributed by atoms with Gasteiger partial charge in [-0.05, 0) is 62.0 Å². The van der Waals surface area contributed by atoms with Crippen LogP contribution in [0.15, 0.2) is 41.2 Å². The molecule has 7 heteroatoms. The van der Waals surface area contributed by atoms with E-state index in [2.05, 4.69) is 10.3 Å². The van der Waals surface area contributed by atoms with Gasteiger partial charge in [0.15, 0.2) is 4.77 Å². The lowest BCUT2D eigenvalue weighted by Crippen LogP contribution is -2.21. The van der Waals surface area contributed by atoms with Crippen molar-refractivity contribution >= 4 is 34.7 Å². The van der Waals surface area contributed by atoms with Gasteiger partial charge in [-0.3, -0.25) is 14.2 Å². The number of carbonyl (C=O) groups is 1. The topological polar surface area (TPSA) is 66.9 Å². The molecule has 2 aromatic carbocycles. The van der Waals surface area contributed by atoms with E-state index in [9.17, 15) is 14.0 Å². The summed E-state index contributed by atoms with van der Waals surface area (Å²) in [7, 11) is 0. The summed E-state index contributed by atoms with van der Waals surface area (Å²) in [5.74, 6) is -0.977. The Morgan fingerprint density at radius 1 is 1.28 bits per heavy atom. The molecule has 3 rings (SSSR count). The van der Waals surface area contributed by atoms with E-state index in [1.54, 1.807) is 18.2 Å². The van der Waals surface area contributed by atoms with Crippen molar-refractivity contribution in [1.82, 2.24) is 9.55 Å². The van der Waals surface area contributed by atoms with Crippen molar-refractivity contribution in [1.29, 1.82) is 0 Å². The van der Waals surface area contributed by atoms with E-state index in [4.69, 9.17) is 12.2 Å². The van der Waals surface area contributed by atoms with Gasteiger partial charge in [-0.15, -0.1) is 0 Å². The average Bonchev–Trinajstić information content (AvgIpc) is 2.58. The Labute approximate surface area is 148 Å². The quantitative estimate of drug-likeness (QED) is 0.701. The predicted octanol–water partition coefficient (Wildman–Crippen LogP) is 3.78. The van der Waals surface area contributed by atoms with Gasteiger partial charge in [0.1, 0.15) is 5.82 Å². The van der Waals surface area contributed by atoms with Gasteiger partial charge in [0.2, 0.25) is 0 Å². The van der Waals surface area contributed by atoms with E-state index in [0.717, 1.165) is 5.56 Å². The molecule has 1 heterocycles. The first-order valence-corrected chi connectivity index (χ1v) is 8.16. The highest BCUT2D eigenvalue weighted by Gasteiger charge is 2.12. The van der Waals surface area contributed by atoms with Crippen molar-refractivity contribution < 1.29 is 9.18 Å². The maximum atomic E-state index is 13.8. The van der Waals surface area contributed by atoms with Crippen LogP contribution in [0.4, 0.5) is 10.1 Å². The number of nitrogens with zero attached hydrogens (tertiary/aromatic N) is 1. The first-order chi connectivity index (χ1) is 11.9. The Hall–Kier alpha value is -2.80. The summed E-state index contributed by atoms with van der Waals surface area (Å²) in [4.78, 5) is 27.7. The van der Waals surface area contributed by atoms with E-state index in [1.165, 1.54) is 22.8 Å². The summed E-state index contributed by atoms with van der Waals surface area (Å²) in [6, 6.07) is 9.12. The minimum absolute atomic E-state index is 0.111. The molecule has 0 saturated carbocycles. The van der Waals surface area contributed by atoms with Gasteiger partial charge in [-0.2, -0.15) is 0 Å². The molecule has 0 radical (unpaired) electrons. The number of H-pyrrole nitrogens is 1. The molecule has 1 aromatic heterocycles. The Morgan fingerprint density at radius 2 is 2.04 bits per heavy atom. The maximum absolute atomic E-state index is 13.8. The number of benzene rings is 2. The normalized spacial score (nSPS) is 10.8. The van der Waals surface area contributed by atoms with Crippen LogP contribution in [0.3, 0.4) is 0 Å². The zero-order valence-corrected chi connectivity index (χ0v) is 14.5. The monoisotopic (exact) mass is 357 g/mol. The van der Waals surface area contributed by atoms with Gasteiger partial charge in [-0.1, -0.05) is 6.07 Å². The van der Waals surface area contributed by atoms with Gasteiger partial charge in [0, 0.05) is 12.1 Å². The number of aryl methyl sites for hydroxylation is 1. The molecule has 25 heavy (non-hydrogen) atoms. The van der Waals surface area contributed by atoms with E-state index in [-0.39, 0.29) is 11.2 Å². The minimum Gasteiger partial charge on any atom is -0.332 e. The number of aromatic nitrogens is 2. The van der Waals surface area contributed by atoms with Crippen molar-refractivity contribution in [3.05, 3.63) is 68.5 Å². The van der Waals surface area contributed by atoms with Gasteiger partial charge in [0.05, 0.1) is 16.6 Å². The van der Waals surface area contributed by atoms with Crippen LogP contribution in [-0.2, 0) is 6.54 Å². The van der Waals surface area contributed by atoms with Crippen molar-refractivity contribution in [2.45, 2.75) is 20.4 Å². The van der Waals surface area contributed by atoms with E-state index in [1.807, 2.05) is 13.8 Å². The van der Waals surface area contributed by atoms with Gasteiger partial charge < -0.3 is 10.3 Å². The largest absolute Gasteiger partial charge is 0.332 e. The SMILES string of the molecule is CCn1c(=S)[nH]c2cc(C(=O)Nc3cc(C)ccc3F)ccc2c1=O. The van der Waals surface area contributed by atoms with Gasteiger partial charge in [-0.25, -0.2) is 4.39 Å². The van der Waals surface area contributed by atoms with Crippen molar-refractivity contribution in [3.8, 4) is 0 Å². The molecule has 3 aromatic rings. The summed E-state index contributed by atoms with van der Waals surface area (Å²) in [5.41, 5.74) is 1.50. The lowest BCUT2D eigenvalue weighted by atomic mass is 10.1. The fourth-order valence-corrected chi connectivity index (χ4v) is 2.93. The average molecular weight is 357 g/mol. The number of hydrogen-bond donors (Lipinski definition) is 2. The number of hydrogen-bond acceptors (Lipinski definition) is 3. The second kappa shape index (κ2) is 6.60. The highest BCUT2D eigenvalue weighted by molar-refractivity contribution is 7.71. The molecule has 2 N–H and O–H groups in total. The lowest BCUT2D eigenvalue weighted by Gasteiger charge is -2.09. The molecule has 0 bridgehead atoms. The maximum Gasteiger partial charge on any atom is 0.262 e. The van der Waals surface area contributed by atoms with Crippen molar-refractivity contribution in [2.75, 3.05) is 5.32 Å². The zero-order valence-electron chi connectivity index (χ0n) is 13.7. The predicted molar refractivity (Wildman–Crippen MR) is 98.2 cm³/mol. The standard InChI is InChI=1S/C18H16FN3O2S/c1-3-22-17(24)12-6-5-11(9-14(12)21-18(22)25)16(23)20-15-8-10(2)4-7-13(15)19/h4-9H,3H2,1-2H3,(H,20,23)(H,21,25). The number of aromatic amines is 1. The first-order valence-electron chi connectivity index (χ1n) is 7.75. The van der Waals surface area contributed by atoms with E-state index >= 15 is 0 Å². The number of rotatable bonds is 3. The summed E-state index contributed by atoms with van der Waals surface area (Å²) < 4.78 is 15.5. The molecule has 5 nitrogen and oxygen atoms in total. The van der Waals surface area contributed by atoms with Gasteiger partial charge >= 0.3 is 0 Å². The number of nitrogens with one attached hydrogen (secondary N) is 2. The van der Waals surface area contributed by atoms with Gasteiger partial charge in [0.25, 0.3) is 11.5 Å². The van der Waals surface area contributed by atoms with Crippen LogP contribution < -0.4 is 10.9 Å². The van der Waals surface area contributed by atoms with Crippen LogP contribution in [0.2, 0.25) is 0 Å². The molecular formula is C18H16FN3O2S. The lowest BCUT2D eigenvalue weighted by molar-refractivity contribution is 0.102. The van der Waals surface area contributed by atoms with Crippen LogP contribution in [-0.4, -0.2) is 15.5 Å². The number of fused-ring (bicyclic) bond motifs is 1. The van der Waals surface area contributed by atoms with Crippen molar-refractivity contribution in [2.24, 2.45) is 0 Å². The molecule has 0 aliphatic carbocycles. The second-order valence-corrected chi connectivity index (χ2v) is 6.06. The van der Waals surface area contributed by atoms with Crippen LogP contribution in [0.25, 0.3) is 10.9 Å². The first kappa shape index (κ1) is 17.0. The van der Waals surface area contributed by atoms with Crippen LogP contribution in [0.1, 0.15) is 22.8 Å². The Balaban J connectivity index is 2.02. The Kier molecular flexibility index (Phi) is 4.50. The Bertz CT molecular complexity index is 1100.